The highest BCUT2D eigenvalue weighted by molar-refractivity contribution is 4.44. The van der Waals surface area contributed by atoms with Crippen molar-refractivity contribution in [3.8, 4) is 0 Å². The van der Waals surface area contributed by atoms with Gasteiger partial charge in [-0.15, -0.1) is 0 Å². The Bertz CT molecular complexity index is 115. The zero-order valence-electron chi connectivity index (χ0n) is 10.1. The standard InChI is InChI=1S/C11H27N2/c1-6-9-12(10-7-2)13(4,5)11-8-3/h6-11H2,1-5H3/q+1. The molecule has 0 aromatic heterocycles. The Hall–Kier alpha value is -0.0800. The van der Waals surface area contributed by atoms with Gasteiger partial charge in [-0.1, -0.05) is 20.8 Å². The van der Waals surface area contributed by atoms with E-state index in [-0.39, 0.29) is 0 Å². The first-order valence-corrected chi connectivity index (χ1v) is 5.66. The van der Waals surface area contributed by atoms with Gasteiger partial charge in [0.2, 0.25) is 0 Å². The van der Waals surface area contributed by atoms with Gasteiger partial charge in [-0.05, 0) is 19.3 Å². The SMILES string of the molecule is CCCN(CCC)[N+](C)(C)CCC. The van der Waals surface area contributed by atoms with Gasteiger partial charge in [0.25, 0.3) is 0 Å². The van der Waals surface area contributed by atoms with E-state index >= 15 is 0 Å². The van der Waals surface area contributed by atoms with E-state index in [0.717, 1.165) is 4.59 Å². The van der Waals surface area contributed by atoms with E-state index in [1.54, 1.807) is 0 Å². The molecule has 0 bridgehead atoms. The van der Waals surface area contributed by atoms with Crippen LogP contribution in [0.2, 0.25) is 0 Å². The molecule has 0 aromatic rings. The van der Waals surface area contributed by atoms with Gasteiger partial charge in [-0.3, -0.25) is 0 Å². The second-order valence-electron chi connectivity index (χ2n) is 4.30. The number of nitrogens with zero attached hydrogens (tertiary/aromatic N) is 2. The summed E-state index contributed by atoms with van der Waals surface area (Å²) < 4.78 is 1.05. The average Bonchev–Trinajstić information content (AvgIpc) is 2.04. The van der Waals surface area contributed by atoms with Crippen molar-refractivity contribution in [2.24, 2.45) is 0 Å². The lowest BCUT2D eigenvalue weighted by Gasteiger charge is -2.39. The van der Waals surface area contributed by atoms with E-state index < -0.39 is 0 Å². The third-order valence-corrected chi connectivity index (χ3v) is 2.50. The summed E-state index contributed by atoms with van der Waals surface area (Å²) in [5.74, 6) is 0. The lowest BCUT2D eigenvalue weighted by atomic mass is 10.3. The predicted octanol–water partition coefficient (Wildman–Crippen LogP) is 2.51. The van der Waals surface area contributed by atoms with Gasteiger partial charge in [0, 0.05) is 13.1 Å². The molecule has 0 unspecified atom stereocenters. The van der Waals surface area contributed by atoms with Crippen LogP contribution in [-0.4, -0.2) is 43.3 Å². The van der Waals surface area contributed by atoms with Crippen LogP contribution in [-0.2, 0) is 0 Å². The van der Waals surface area contributed by atoms with Crippen LogP contribution in [0, 0.1) is 0 Å². The van der Waals surface area contributed by atoms with Gasteiger partial charge in [0.1, 0.15) is 0 Å². The van der Waals surface area contributed by atoms with Crippen LogP contribution in [0.4, 0.5) is 0 Å². The van der Waals surface area contributed by atoms with Crippen LogP contribution in [0.15, 0.2) is 0 Å². The first-order chi connectivity index (χ1) is 6.08. The number of rotatable bonds is 7. The fraction of sp³-hybridized carbons (Fsp3) is 1.00. The lowest BCUT2D eigenvalue weighted by Crippen LogP contribution is -2.55. The molecule has 0 aliphatic heterocycles. The molecule has 0 fully saturated rings. The van der Waals surface area contributed by atoms with E-state index in [4.69, 9.17) is 0 Å². The lowest BCUT2D eigenvalue weighted by molar-refractivity contribution is -1.00. The molecule has 0 atom stereocenters. The van der Waals surface area contributed by atoms with Crippen molar-refractivity contribution in [3.05, 3.63) is 0 Å². The third kappa shape index (κ3) is 4.63. The van der Waals surface area contributed by atoms with Gasteiger partial charge in [0.15, 0.2) is 0 Å². The predicted molar refractivity (Wildman–Crippen MR) is 59.4 cm³/mol. The van der Waals surface area contributed by atoms with Crippen molar-refractivity contribution in [1.29, 1.82) is 0 Å². The Morgan fingerprint density at radius 1 is 0.846 bits per heavy atom. The van der Waals surface area contributed by atoms with Crippen molar-refractivity contribution in [2.75, 3.05) is 33.7 Å². The summed E-state index contributed by atoms with van der Waals surface area (Å²) in [7, 11) is 4.63. The Morgan fingerprint density at radius 3 is 1.62 bits per heavy atom. The molecule has 0 saturated heterocycles. The minimum absolute atomic E-state index is 1.05. The topological polar surface area (TPSA) is 3.24 Å². The van der Waals surface area contributed by atoms with Crippen molar-refractivity contribution in [2.45, 2.75) is 40.0 Å². The number of quaternary nitrogens is 1. The summed E-state index contributed by atoms with van der Waals surface area (Å²) in [6.45, 7) is 10.5. The van der Waals surface area contributed by atoms with E-state index in [1.807, 2.05) is 0 Å². The van der Waals surface area contributed by atoms with Crippen molar-refractivity contribution in [1.82, 2.24) is 5.01 Å². The van der Waals surface area contributed by atoms with Crippen LogP contribution >= 0.6 is 0 Å². The summed E-state index contributed by atoms with van der Waals surface area (Å²) in [4.78, 5) is 0. The molecule has 2 heteroatoms. The van der Waals surface area contributed by atoms with E-state index in [2.05, 4.69) is 39.9 Å². The molecule has 0 aliphatic carbocycles. The van der Waals surface area contributed by atoms with E-state index in [0.29, 0.717) is 0 Å². The van der Waals surface area contributed by atoms with Gasteiger partial charge in [-0.2, -0.15) is 5.01 Å². The summed E-state index contributed by atoms with van der Waals surface area (Å²) >= 11 is 0. The minimum Gasteiger partial charge on any atom is -0.248 e. The normalized spacial score (nSPS) is 12.5. The minimum atomic E-state index is 1.05. The number of hydrogen-bond donors (Lipinski definition) is 0. The van der Waals surface area contributed by atoms with Crippen LogP contribution in [0.25, 0.3) is 0 Å². The fourth-order valence-electron chi connectivity index (χ4n) is 1.86. The zero-order valence-corrected chi connectivity index (χ0v) is 10.1. The second-order valence-corrected chi connectivity index (χ2v) is 4.30. The van der Waals surface area contributed by atoms with Crippen molar-refractivity contribution >= 4 is 0 Å². The van der Waals surface area contributed by atoms with Gasteiger partial charge in [0.05, 0.1) is 20.6 Å². The Balaban J connectivity index is 4.13. The third-order valence-electron chi connectivity index (χ3n) is 2.50. The monoisotopic (exact) mass is 187 g/mol. The Kier molecular flexibility index (Phi) is 6.35. The molecule has 2 nitrogen and oxygen atoms in total. The van der Waals surface area contributed by atoms with Crippen LogP contribution < -0.4 is 0 Å². The van der Waals surface area contributed by atoms with E-state index in [1.165, 1.54) is 38.9 Å². The van der Waals surface area contributed by atoms with Gasteiger partial charge >= 0.3 is 0 Å². The highest BCUT2D eigenvalue weighted by atomic mass is 15.7. The molecule has 0 N–H and O–H groups in total. The summed E-state index contributed by atoms with van der Waals surface area (Å²) in [6, 6.07) is 0. The second kappa shape index (κ2) is 6.39. The molecular weight excluding hydrogens is 160 g/mol. The number of hydrogen-bond acceptors (Lipinski definition) is 1. The molecule has 0 aromatic carbocycles. The fourth-order valence-corrected chi connectivity index (χ4v) is 1.86. The first-order valence-electron chi connectivity index (χ1n) is 5.66. The highest BCUT2D eigenvalue weighted by Crippen LogP contribution is 2.08. The smallest absolute Gasteiger partial charge is 0.0957 e. The van der Waals surface area contributed by atoms with Gasteiger partial charge in [-0.25, -0.2) is 4.59 Å². The maximum Gasteiger partial charge on any atom is 0.0957 e. The molecule has 13 heavy (non-hydrogen) atoms. The van der Waals surface area contributed by atoms with E-state index in [9.17, 15) is 0 Å². The highest BCUT2D eigenvalue weighted by Gasteiger charge is 2.22. The van der Waals surface area contributed by atoms with Crippen LogP contribution in [0.1, 0.15) is 40.0 Å². The summed E-state index contributed by atoms with van der Waals surface area (Å²) in [5, 5.41) is 2.57. The maximum atomic E-state index is 2.57. The summed E-state index contributed by atoms with van der Waals surface area (Å²) in [5.41, 5.74) is 0. The molecule has 0 amide bonds. The van der Waals surface area contributed by atoms with Crippen molar-refractivity contribution in [3.63, 3.8) is 0 Å². The molecule has 0 heterocycles. The molecule has 0 aliphatic rings. The Labute approximate surface area is 84.1 Å². The van der Waals surface area contributed by atoms with Crippen LogP contribution in [0.5, 0.6) is 0 Å². The Morgan fingerprint density at radius 2 is 1.31 bits per heavy atom. The zero-order chi connectivity index (χ0) is 10.3. The molecule has 0 saturated carbocycles. The molecule has 0 rings (SSSR count). The first kappa shape index (κ1) is 12.9. The maximum absolute atomic E-state index is 2.57. The molecule has 0 radical (unpaired) electrons. The molecule has 80 valence electrons. The molecule has 0 spiro atoms. The molecular formula is C11H27N2+. The average molecular weight is 187 g/mol. The quantitative estimate of drug-likeness (QED) is 0.437. The summed E-state index contributed by atoms with van der Waals surface area (Å²) in [6.07, 6.45) is 3.77. The van der Waals surface area contributed by atoms with Crippen LogP contribution in [0.3, 0.4) is 0 Å². The van der Waals surface area contributed by atoms with Crippen molar-refractivity contribution < 1.29 is 4.59 Å². The largest absolute Gasteiger partial charge is 0.248 e. The van der Waals surface area contributed by atoms with Gasteiger partial charge < -0.3 is 0 Å².